The molecular weight excluding hydrogens is 190 g/mol. The van der Waals surface area contributed by atoms with Gasteiger partial charge in [0.15, 0.2) is 11.2 Å². The Hall–Kier alpha value is -1.23. The van der Waals surface area contributed by atoms with Crippen LogP contribution in [0.1, 0.15) is 19.9 Å². The predicted molar refractivity (Wildman–Crippen MR) is 48.5 cm³/mol. The molecule has 0 atom stereocenters. The molecule has 0 bridgehead atoms. The third kappa shape index (κ3) is 1.35. The molecule has 0 saturated heterocycles. The maximum Gasteiger partial charge on any atom is 0.224 e. The molecule has 0 amide bonds. The smallest absolute Gasteiger partial charge is 0.224 e. The SMILES string of the molecule is CC(C)n1nnc2cnc(Cl)nc21. The number of rotatable bonds is 1. The van der Waals surface area contributed by atoms with Crippen LogP contribution in [0.5, 0.6) is 0 Å². The number of halogens is 1. The van der Waals surface area contributed by atoms with Gasteiger partial charge in [0, 0.05) is 0 Å². The van der Waals surface area contributed by atoms with Crippen molar-refractivity contribution in [2.75, 3.05) is 0 Å². The molecule has 0 N–H and O–H groups in total. The first-order valence-electron chi connectivity index (χ1n) is 3.92. The van der Waals surface area contributed by atoms with Gasteiger partial charge in [0.25, 0.3) is 0 Å². The Morgan fingerprint density at radius 2 is 2.23 bits per heavy atom. The van der Waals surface area contributed by atoms with E-state index in [1.807, 2.05) is 13.8 Å². The van der Waals surface area contributed by atoms with Crippen LogP contribution in [0.3, 0.4) is 0 Å². The molecule has 2 aromatic heterocycles. The zero-order valence-electron chi connectivity index (χ0n) is 7.27. The number of aromatic nitrogens is 5. The summed E-state index contributed by atoms with van der Waals surface area (Å²) in [5.74, 6) is 0. The van der Waals surface area contributed by atoms with Gasteiger partial charge in [-0.15, -0.1) is 5.10 Å². The van der Waals surface area contributed by atoms with E-state index < -0.39 is 0 Å². The van der Waals surface area contributed by atoms with Crippen molar-refractivity contribution in [2.24, 2.45) is 0 Å². The van der Waals surface area contributed by atoms with E-state index in [2.05, 4.69) is 20.3 Å². The highest BCUT2D eigenvalue weighted by atomic mass is 35.5. The third-order valence-electron chi connectivity index (χ3n) is 1.68. The van der Waals surface area contributed by atoms with Crippen LogP contribution in [0.2, 0.25) is 5.28 Å². The van der Waals surface area contributed by atoms with Crippen LogP contribution >= 0.6 is 11.6 Å². The lowest BCUT2D eigenvalue weighted by Crippen LogP contribution is -2.03. The van der Waals surface area contributed by atoms with Crippen LogP contribution < -0.4 is 0 Å². The van der Waals surface area contributed by atoms with E-state index in [-0.39, 0.29) is 11.3 Å². The van der Waals surface area contributed by atoms with E-state index in [9.17, 15) is 0 Å². The minimum absolute atomic E-state index is 0.218. The lowest BCUT2D eigenvalue weighted by molar-refractivity contribution is 0.526. The van der Waals surface area contributed by atoms with Crippen molar-refractivity contribution < 1.29 is 0 Å². The van der Waals surface area contributed by atoms with Crippen molar-refractivity contribution in [3.8, 4) is 0 Å². The average Bonchev–Trinajstić information content (AvgIpc) is 2.46. The van der Waals surface area contributed by atoms with Crippen molar-refractivity contribution in [3.63, 3.8) is 0 Å². The molecule has 2 aromatic rings. The molecule has 0 aliphatic heterocycles. The Balaban J connectivity index is 2.71. The summed E-state index contributed by atoms with van der Waals surface area (Å²) in [5.41, 5.74) is 1.34. The molecule has 68 valence electrons. The van der Waals surface area contributed by atoms with Crippen LogP contribution in [0.4, 0.5) is 0 Å². The molecule has 0 spiro atoms. The molecule has 0 saturated carbocycles. The Kier molecular flexibility index (Phi) is 1.88. The summed E-state index contributed by atoms with van der Waals surface area (Å²) in [6.45, 7) is 4.01. The lowest BCUT2D eigenvalue weighted by atomic mass is 10.4. The number of fused-ring (bicyclic) bond motifs is 1. The first-order valence-corrected chi connectivity index (χ1v) is 4.29. The van der Waals surface area contributed by atoms with E-state index in [0.717, 1.165) is 0 Å². The molecule has 0 aliphatic carbocycles. The normalized spacial score (nSPS) is 11.4. The summed E-state index contributed by atoms with van der Waals surface area (Å²) in [6.07, 6.45) is 1.57. The van der Waals surface area contributed by atoms with Crippen molar-refractivity contribution in [1.82, 2.24) is 25.0 Å². The van der Waals surface area contributed by atoms with Gasteiger partial charge in [-0.05, 0) is 25.4 Å². The van der Waals surface area contributed by atoms with E-state index >= 15 is 0 Å². The molecule has 0 unspecified atom stereocenters. The number of nitrogens with zero attached hydrogens (tertiary/aromatic N) is 5. The fourth-order valence-corrected chi connectivity index (χ4v) is 1.20. The summed E-state index contributed by atoms with van der Waals surface area (Å²) in [6, 6.07) is 0.218. The molecule has 0 radical (unpaired) electrons. The van der Waals surface area contributed by atoms with Crippen molar-refractivity contribution in [2.45, 2.75) is 19.9 Å². The molecule has 2 heterocycles. The fourth-order valence-electron chi connectivity index (χ4n) is 1.07. The first-order chi connectivity index (χ1) is 6.18. The van der Waals surface area contributed by atoms with Gasteiger partial charge in [-0.3, -0.25) is 0 Å². The van der Waals surface area contributed by atoms with Gasteiger partial charge in [-0.2, -0.15) is 4.98 Å². The van der Waals surface area contributed by atoms with E-state index in [1.54, 1.807) is 10.9 Å². The maximum absolute atomic E-state index is 5.66. The number of hydrogen-bond donors (Lipinski definition) is 0. The first kappa shape index (κ1) is 8.37. The molecule has 2 rings (SSSR count). The molecular formula is C7H8ClN5. The van der Waals surface area contributed by atoms with Gasteiger partial charge in [-0.1, -0.05) is 5.21 Å². The summed E-state index contributed by atoms with van der Waals surface area (Å²) in [5, 5.41) is 8.07. The van der Waals surface area contributed by atoms with Crippen LogP contribution in [-0.2, 0) is 0 Å². The lowest BCUT2D eigenvalue weighted by Gasteiger charge is -2.03. The Bertz CT molecular complexity index is 435. The quantitative estimate of drug-likeness (QED) is 0.650. The van der Waals surface area contributed by atoms with E-state index in [4.69, 9.17) is 11.6 Å². The van der Waals surface area contributed by atoms with Crippen LogP contribution in [-0.4, -0.2) is 25.0 Å². The highest BCUT2D eigenvalue weighted by molar-refractivity contribution is 6.28. The van der Waals surface area contributed by atoms with Crippen molar-refractivity contribution in [1.29, 1.82) is 0 Å². The average molecular weight is 198 g/mol. The second kappa shape index (κ2) is 2.92. The monoisotopic (exact) mass is 197 g/mol. The minimum atomic E-state index is 0.218. The molecule has 5 nitrogen and oxygen atoms in total. The summed E-state index contributed by atoms with van der Waals surface area (Å²) >= 11 is 5.66. The van der Waals surface area contributed by atoms with Gasteiger partial charge < -0.3 is 0 Å². The van der Waals surface area contributed by atoms with Crippen LogP contribution in [0.15, 0.2) is 6.20 Å². The standard InChI is InChI=1S/C7H8ClN5/c1-4(2)13-6-5(11-12-13)3-9-7(8)10-6/h3-4H,1-2H3. The van der Waals surface area contributed by atoms with E-state index in [0.29, 0.717) is 11.2 Å². The molecule has 0 aliphatic rings. The topological polar surface area (TPSA) is 56.5 Å². The third-order valence-corrected chi connectivity index (χ3v) is 1.86. The molecule has 6 heteroatoms. The van der Waals surface area contributed by atoms with E-state index in [1.165, 1.54) is 0 Å². The minimum Gasteiger partial charge on any atom is -0.224 e. The largest absolute Gasteiger partial charge is 0.224 e. The van der Waals surface area contributed by atoms with Gasteiger partial charge >= 0.3 is 0 Å². The van der Waals surface area contributed by atoms with Crippen LogP contribution in [0, 0.1) is 0 Å². The molecule has 0 fully saturated rings. The van der Waals surface area contributed by atoms with Gasteiger partial charge in [0.2, 0.25) is 5.28 Å². The van der Waals surface area contributed by atoms with Gasteiger partial charge in [0.1, 0.15) is 0 Å². The van der Waals surface area contributed by atoms with Crippen LogP contribution in [0.25, 0.3) is 11.2 Å². The highest BCUT2D eigenvalue weighted by Gasteiger charge is 2.09. The van der Waals surface area contributed by atoms with Crippen molar-refractivity contribution >= 4 is 22.8 Å². The fraction of sp³-hybridized carbons (Fsp3) is 0.429. The zero-order valence-corrected chi connectivity index (χ0v) is 8.02. The zero-order chi connectivity index (χ0) is 9.42. The van der Waals surface area contributed by atoms with Crippen molar-refractivity contribution in [3.05, 3.63) is 11.5 Å². The molecule has 13 heavy (non-hydrogen) atoms. The maximum atomic E-state index is 5.66. The Morgan fingerprint density at radius 1 is 1.46 bits per heavy atom. The second-order valence-electron chi connectivity index (χ2n) is 2.98. The number of hydrogen-bond acceptors (Lipinski definition) is 4. The Labute approximate surface area is 79.7 Å². The second-order valence-corrected chi connectivity index (χ2v) is 3.31. The molecule has 0 aromatic carbocycles. The Morgan fingerprint density at radius 3 is 2.92 bits per heavy atom. The summed E-state index contributed by atoms with van der Waals surface area (Å²) in [4.78, 5) is 7.87. The highest BCUT2D eigenvalue weighted by Crippen LogP contribution is 2.13. The van der Waals surface area contributed by atoms with Gasteiger partial charge in [0.05, 0.1) is 12.2 Å². The van der Waals surface area contributed by atoms with Gasteiger partial charge in [-0.25, -0.2) is 9.67 Å². The summed E-state index contributed by atoms with van der Waals surface area (Å²) in [7, 11) is 0. The summed E-state index contributed by atoms with van der Waals surface area (Å²) < 4.78 is 1.71. The predicted octanol–water partition coefficient (Wildman–Crippen LogP) is 1.46.